The molecule has 2 nitrogen and oxygen atoms in total. The number of carbonyl (C=O) groups is 1. The molecule has 1 aromatic carbocycles. The van der Waals surface area contributed by atoms with Crippen LogP contribution in [0.25, 0.3) is 0 Å². The smallest absolute Gasteiger partial charge is 0.334 e. The summed E-state index contributed by atoms with van der Waals surface area (Å²) in [6, 6.07) is 7.79. The predicted octanol–water partition coefficient (Wildman–Crippen LogP) is 3.54. The number of alkyl halides is 1. The van der Waals surface area contributed by atoms with Crippen LogP contribution in [0.5, 0.6) is 0 Å². The lowest BCUT2D eigenvalue weighted by atomic mass is 9.92. The standard InChI is InChI=1S/C12H10Br2O2/c1-8-6-12(7-13,16-11(8)15)9-2-4-10(14)5-3-9/h2-5H,1,6-7H2. The van der Waals surface area contributed by atoms with Crippen LogP contribution in [0.2, 0.25) is 0 Å². The molecular weight excluding hydrogens is 336 g/mol. The topological polar surface area (TPSA) is 26.3 Å². The Hall–Kier alpha value is -0.610. The summed E-state index contributed by atoms with van der Waals surface area (Å²) in [5.74, 6) is -0.303. The van der Waals surface area contributed by atoms with Crippen molar-refractivity contribution < 1.29 is 9.53 Å². The molecule has 0 aliphatic carbocycles. The van der Waals surface area contributed by atoms with E-state index in [0.717, 1.165) is 10.0 Å². The van der Waals surface area contributed by atoms with Crippen molar-refractivity contribution in [3.05, 3.63) is 46.5 Å². The monoisotopic (exact) mass is 344 g/mol. The first-order chi connectivity index (χ1) is 7.57. The van der Waals surface area contributed by atoms with Crippen molar-refractivity contribution in [1.29, 1.82) is 0 Å². The van der Waals surface area contributed by atoms with Gasteiger partial charge in [0.05, 0.1) is 0 Å². The number of benzene rings is 1. The Labute approximate surface area is 111 Å². The van der Waals surface area contributed by atoms with E-state index in [1.165, 1.54) is 0 Å². The maximum atomic E-state index is 11.4. The van der Waals surface area contributed by atoms with Crippen molar-refractivity contribution in [3.8, 4) is 0 Å². The lowest BCUT2D eigenvalue weighted by Gasteiger charge is -2.25. The van der Waals surface area contributed by atoms with Crippen molar-refractivity contribution in [2.45, 2.75) is 12.0 Å². The zero-order valence-corrected chi connectivity index (χ0v) is 11.7. The molecule has 1 atom stereocenters. The van der Waals surface area contributed by atoms with E-state index in [1.54, 1.807) is 0 Å². The minimum atomic E-state index is -0.588. The van der Waals surface area contributed by atoms with Gasteiger partial charge in [-0.2, -0.15) is 0 Å². The maximum absolute atomic E-state index is 11.4. The average Bonchev–Trinajstić information content (AvgIpc) is 2.57. The molecule has 0 aromatic heterocycles. The summed E-state index contributed by atoms with van der Waals surface area (Å²) in [6.07, 6.45) is 0.540. The molecule has 1 unspecified atom stereocenters. The molecule has 0 saturated carbocycles. The first-order valence-corrected chi connectivity index (χ1v) is 6.72. The summed E-state index contributed by atoms with van der Waals surface area (Å²) in [5, 5.41) is 0.576. The highest BCUT2D eigenvalue weighted by molar-refractivity contribution is 9.10. The minimum absolute atomic E-state index is 0.303. The Morgan fingerprint density at radius 1 is 1.38 bits per heavy atom. The Bertz CT molecular complexity index is 421. The first kappa shape index (κ1) is 11.9. The van der Waals surface area contributed by atoms with Crippen LogP contribution in [0.15, 0.2) is 40.9 Å². The van der Waals surface area contributed by atoms with Crippen LogP contribution in [0.4, 0.5) is 0 Å². The zero-order chi connectivity index (χ0) is 11.8. The van der Waals surface area contributed by atoms with Gasteiger partial charge in [-0.3, -0.25) is 0 Å². The van der Waals surface area contributed by atoms with Gasteiger partial charge in [-0.25, -0.2) is 4.79 Å². The number of carbonyl (C=O) groups excluding carboxylic acids is 1. The zero-order valence-electron chi connectivity index (χ0n) is 8.50. The molecule has 2 rings (SSSR count). The number of esters is 1. The molecule has 1 saturated heterocycles. The lowest BCUT2D eigenvalue weighted by Crippen LogP contribution is -2.27. The average molecular weight is 346 g/mol. The fourth-order valence-corrected chi connectivity index (χ4v) is 2.67. The van der Waals surface area contributed by atoms with Gasteiger partial charge in [-0.05, 0) is 17.7 Å². The molecular formula is C12H10Br2O2. The summed E-state index contributed by atoms with van der Waals surface area (Å²) in [7, 11) is 0. The number of hydrogen-bond acceptors (Lipinski definition) is 2. The van der Waals surface area contributed by atoms with E-state index in [0.29, 0.717) is 17.3 Å². The number of halogens is 2. The molecule has 16 heavy (non-hydrogen) atoms. The lowest BCUT2D eigenvalue weighted by molar-refractivity contribution is -0.145. The van der Waals surface area contributed by atoms with Crippen LogP contribution in [0, 0.1) is 0 Å². The van der Waals surface area contributed by atoms with E-state index in [2.05, 4.69) is 38.4 Å². The van der Waals surface area contributed by atoms with E-state index in [4.69, 9.17) is 4.74 Å². The highest BCUT2D eigenvalue weighted by Crippen LogP contribution is 2.40. The molecule has 0 N–H and O–H groups in total. The van der Waals surface area contributed by atoms with Crippen molar-refractivity contribution in [2.24, 2.45) is 0 Å². The highest BCUT2D eigenvalue weighted by atomic mass is 79.9. The molecule has 1 aliphatic rings. The molecule has 84 valence electrons. The van der Waals surface area contributed by atoms with E-state index < -0.39 is 5.60 Å². The quantitative estimate of drug-likeness (QED) is 0.465. The van der Waals surface area contributed by atoms with Gasteiger partial charge in [0.25, 0.3) is 0 Å². The molecule has 0 spiro atoms. The number of hydrogen-bond donors (Lipinski definition) is 0. The van der Waals surface area contributed by atoms with Crippen molar-refractivity contribution in [2.75, 3.05) is 5.33 Å². The Balaban J connectivity index is 2.40. The van der Waals surface area contributed by atoms with Gasteiger partial charge in [0.1, 0.15) is 0 Å². The van der Waals surface area contributed by atoms with Crippen LogP contribution in [0.3, 0.4) is 0 Å². The van der Waals surface area contributed by atoms with Crippen molar-refractivity contribution >= 4 is 37.8 Å². The Morgan fingerprint density at radius 3 is 2.44 bits per heavy atom. The maximum Gasteiger partial charge on any atom is 0.334 e. The third-order valence-electron chi connectivity index (χ3n) is 2.66. The third kappa shape index (κ3) is 1.96. The third-order valence-corrected chi connectivity index (χ3v) is 4.10. The molecule has 0 bridgehead atoms. The van der Waals surface area contributed by atoms with Gasteiger partial charge in [0, 0.05) is 21.8 Å². The molecule has 0 amide bonds. The molecule has 1 fully saturated rings. The molecule has 0 radical (unpaired) electrons. The Morgan fingerprint density at radius 2 is 2.00 bits per heavy atom. The number of cyclic esters (lactones) is 1. The van der Waals surface area contributed by atoms with Crippen molar-refractivity contribution in [3.63, 3.8) is 0 Å². The van der Waals surface area contributed by atoms with Crippen molar-refractivity contribution in [1.82, 2.24) is 0 Å². The van der Waals surface area contributed by atoms with Gasteiger partial charge in [0.15, 0.2) is 5.60 Å². The SMILES string of the molecule is C=C1CC(CBr)(c2ccc(Br)cc2)OC1=O. The van der Waals surface area contributed by atoms with Gasteiger partial charge < -0.3 is 4.74 Å². The second kappa shape index (κ2) is 4.34. The van der Waals surface area contributed by atoms with Gasteiger partial charge in [0.2, 0.25) is 0 Å². The number of rotatable bonds is 2. The largest absolute Gasteiger partial charge is 0.450 e. The van der Waals surface area contributed by atoms with Gasteiger partial charge >= 0.3 is 5.97 Å². The van der Waals surface area contributed by atoms with Crippen LogP contribution in [-0.2, 0) is 15.1 Å². The van der Waals surface area contributed by atoms with Crippen LogP contribution in [-0.4, -0.2) is 11.3 Å². The minimum Gasteiger partial charge on any atom is -0.450 e. The summed E-state index contributed by atoms with van der Waals surface area (Å²) in [6.45, 7) is 3.72. The summed E-state index contributed by atoms with van der Waals surface area (Å²) < 4.78 is 6.44. The number of ether oxygens (including phenoxy) is 1. The predicted molar refractivity (Wildman–Crippen MR) is 69.5 cm³/mol. The molecule has 1 aliphatic heterocycles. The van der Waals surface area contributed by atoms with Crippen LogP contribution in [0.1, 0.15) is 12.0 Å². The van der Waals surface area contributed by atoms with Gasteiger partial charge in [-0.15, -0.1) is 0 Å². The van der Waals surface area contributed by atoms with Gasteiger partial charge in [-0.1, -0.05) is 50.6 Å². The molecule has 1 aromatic rings. The first-order valence-electron chi connectivity index (χ1n) is 4.80. The fraction of sp³-hybridized carbons (Fsp3) is 0.250. The highest BCUT2D eigenvalue weighted by Gasteiger charge is 2.43. The second-order valence-corrected chi connectivity index (χ2v) is 5.28. The fourth-order valence-electron chi connectivity index (χ4n) is 1.77. The molecule has 1 heterocycles. The second-order valence-electron chi connectivity index (χ2n) is 3.80. The summed E-state index contributed by atoms with van der Waals surface area (Å²) >= 11 is 6.79. The summed E-state index contributed by atoms with van der Waals surface area (Å²) in [4.78, 5) is 11.4. The molecule has 4 heteroatoms. The van der Waals surface area contributed by atoms with E-state index in [1.807, 2.05) is 24.3 Å². The normalized spacial score (nSPS) is 24.6. The van der Waals surface area contributed by atoms with E-state index in [9.17, 15) is 4.79 Å². The van der Waals surface area contributed by atoms with E-state index in [-0.39, 0.29) is 5.97 Å². The van der Waals surface area contributed by atoms with Crippen LogP contribution < -0.4 is 0 Å². The van der Waals surface area contributed by atoms with E-state index >= 15 is 0 Å². The Kier molecular flexibility index (Phi) is 3.22. The van der Waals surface area contributed by atoms with Crippen LogP contribution >= 0.6 is 31.9 Å². The summed E-state index contributed by atoms with van der Waals surface area (Å²) in [5.41, 5.74) is 0.927.